The molecule has 6 heteroatoms. The van der Waals surface area contributed by atoms with Gasteiger partial charge in [0, 0.05) is 24.0 Å². The van der Waals surface area contributed by atoms with Gasteiger partial charge in [-0.05, 0) is 36.4 Å². The highest BCUT2D eigenvalue weighted by molar-refractivity contribution is 7.11. The fraction of sp³-hybridized carbons (Fsp3) is 0.263. The molecule has 0 aliphatic carbocycles. The van der Waals surface area contributed by atoms with Crippen LogP contribution in [-0.2, 0) is 9.59 Å². The standard InChI is InChI=1S/C19H18N2O3S/c1-24-14-7-4-6-13(12-14)21-18(22)16(15-8-5-11-25-15)17(19(21)23)20-9-2-3-10-20/h4-8,11-12H,2-3,9-10H2,1H3. The van der Waals surface area contributed by atoms with Crippen LogP contribution < -0.4 is 9.64 Å². The molecule has 1 fully saturated rings. The predicted molar refractivity (Wildman–Crippen MR) is 97.5 cm³/mol. The third-order valence-corrected chi connectivity index (χ3v) is 5.45. The number of hydrogen-bond acceptors (Lipinski definition) is 5. The normalized spacial score (nSPS) is 17.8. The zero-order valence-corrected chi connectivity index (χ0v) is 14.7. The Bertz CT molecular complexity index is 851. The maximum Gasteiger partial charge on any atom is 0.282 e. The Kier molecular flexibility index (Phi) is 4.05. The second kappa shape index (κ2) is 6.37. The number of methoxy groups -OCH3 is 1. The number of carbonyl (C=O) groups excluding carboxylic acids is 2. The van der Waals surface area contributed by atoms with E-state index < -0.39 is 0 Å². The Morgan fingerprint density at radius 2 is 1.84 bits per heavy atom. The highest BCUT2D eigenvalue weighted by Gasteiger charge is 2.43. The van der Waals surface area contributed by atoms with Gasteiger partial charge in [-0.15, -0.1) is 11.3 Å². The number of nitrogens with zero attached hydrogens (tertiary/aromatic N) is 2. The van der Waals surface area contributed by atoms with Gasteiger partial charge in [0.15, 0.2) is 0 Å². The molecule has 3 heterocycles. The van der Waals surface area contributed by atoms with Gasteiger partial charge in [-0.3, -0.25) is 9.59 Å². The lowest BCUT2D eigenvalue weighted by atomic mass is 10.2. The monoisotopic (exact) mass is 354 g/mol. The van der Waals surface area contributed by atoms with Crippen molar-refractivity contribution < 1.29 is 14.3 Å². The quantitative estimate of drug-likeness (QED) is 0.792. The molecule has 0 atom stereocenters. The molecule has 0 radical (unpaired) electrons. The molecule has 1 saturated heterocycles. The number of imide groups is 1. The average Bonchev–Trinajstić information content (AvgIpc) is 3.36. The number of rotatable bonds is 4. The van der Waals surface area contributed by atoms with Crippen molar-refractivity contribution in [2.45, 2.75) is 12.8 Å². The van der Waals surface area contributed by atoms with Gasteiger partial charge in [0.1, 0.15) is 11.4 Å². The second-order valence-corrected chi connectivity index (χ2v) is 6.99. The van der Waals surface area contributed by atoms with Gasteiger partial charge in [0.2, 0.25) is 0 Å². The molecule has 128 valence electrons. The van der Waals surface area contributed by atoms with Crippen molar-refractivity contribution in [2.75, 3.05) is 25.1 Å². The van der Waals surface area contributed by atoms with Crippen LogP contribution in [0.2, 0.25) is 0 Å². The van der Waals surface area contributed by atoms with E-state index in [1.807, 2.05) is 17.5 Å². The van der Waals surface area contributed by atoms with Crippen LogP contribution in [0.1, 0.15) is 17.7 Å². The van der Waals surface area contributed by atoms with Crippen molar-refractivity contribution in [1.29, 1.82) is 0 Å². The molecular formula is C19H18N2O3S. The van der Waals surface area contributed by atoms with Gasteiger partial charge in [-0.25, -0.2) is 4.90 Å². The number of thiophene rings is 1. The molecule has 0 saturated carbocycles. The largest absolute Gasteiger partial charge is 0.497 e. The summed E-state index contributed by atoms with van der Waals surface area (Å²) in [5, 5.41) is 1.93. The first kappa shape index (κ1) is 15.9. The van der Waals surface area contributed by atoms with E-state index in [-0.39, 0.29) is 11.8 Å². The van der Waals surface area contributed by atoms with Crippen molar-refractivity contribution >= 4 is 34.4 Å². The van der Waals surface area contributed by atoms with Gasteiger partial charge in [0.05, 0.1) is 18.4 Å². The van der Waals surface area contributed by atoms with Crippen LogP contribution in [-0.4, -0.2) is 36.9 Å². The minimum Gasteiger partial charge on any atom is -0.497 e. The van der Waals surface area contributed by atoms with Crippen molar-refractivity contribution in [1.82, 2.24) is 4.90 Å². The third-order valence-electron chi connectivity index (χ3n) is 4.56. The van der Waals surface area contributed by atoms with E-state index in [1.165, 1.54) is 16.2 Å². The number of likely N-dealkylation sites (tertiary alicyclic amines) is 1. The summed E-state index contributed by atoms with van der Waals surface area (Å²) < 4.78 is 5.24. The lowest BCUT2D eigenvalue weighted by Gasteiger charge is -2.20. The summed E-state index contributed by atoms with van der Waals surface area (Å²) >= 11 is 1.48. The minimum absolute atomic E-state index is 0.247. The van der Waals surface area contributed by atoms with Gasteiger partial charge in [-0.2, -0.15) is 0 Å². The average molecular weight is 354 g/mol. The lowest BCUT2D eigenvalue weighted by Crippen LogP contribution is -2.34. The zero-order valence-electron chi connectivity index (χ0n) is 13.9. The van der Waals surface area contributed by atoms with Crippen LogP contribution in [0.5, 0.6) is 5.75 Å². The Morgan fingerprint density at radius 1 is 1.04 bits per heavy atom. The van der Waals surface area contributed by atoms with Gasteiger partial charge in [-0.1, -0.05) is 12.1 Å². The van der Waals surface area contributed by atoms with Crippen LogP contribution in [0.4, 0.5) is 5.69 Å². The van der Waals surface area contributed by atoms with E-state index in [4.69, 9.17) is 4.74 Å². The molecule has 2 aromatic rings. The highest BCUT2D eigenvalue weighted by Crippen LogP contribution is 2.38. The van der Waals surface area contributed by atoms with Crippen LogP contribution in [0, 0.1) is 0 Å². The first-order valence-corrected chi connectivity index (χ1v) is 9.14. The van der Waals surface area contributed by atoms with Gasteiger partial charge < -0.3 is 9.64 Å². The Hall–Kier alpha value is -2.60. The summed E-state index contributed by atoms with van der Waals surface area (Å²) in [6.07, 6.45) is 2.09. The van der Waals surface area contributed by atoms with Gasteiger partial charge >= 0.3 is 0 Å². The molecule has 0 spiro atoms. The molecular weight excluding hydrogens is 336 g/mol. The predicted octanol–water partition coefficient (Wildman–Crippen LogP) is 3.14. The van der Waals surface area contributed by atoms with Gasteiger partial charge in [0.25, 0.3) is 11.8 Å². The van der Waals surface area contributed by atoms with Crippen LogP contribution in [0.15, 0.2) is 47.5 Å². The number of amides is 2. The molecule has 5 nitrogen and oxygen atoms in total. The topological polar surface area (TPSA) is 49.9 Å². The molecule has 0 bridgehead atoms. The lowest BCUT2D eigenvalue weighted by molar-refractivity contribution is -0.120. The summed E-state index contributed by atoms with van der Waals surface area (Å²) in [4.78, 5) is 30.5. The van der Waals surface area contributed by atoms with E-state index in [2.05, 4.69) is 4.90 Å². The summed E-state index contributed by atoms with van der Waals surface area (Å²) in [6.45, 7) is 1.63. The number of anilines is 1. The van der Waals surface area contributed by atoms with Crippen LogP contribution >= 0.6 is 11.3 Å². The van der Waals surface area contributed by atoms with E-state index in [9.17, 15) is 9.59 Å². The molecule has 2 amide bonds. The maximum absolute atomic E-state index is 13.2. The summed E-state index contributed by atoms with van der Waals surface area (Å²) in [5.41, 5.74) is 1.59. The summed E-state index contributed by atoms with van der Waals surface area (Å²) in [7, 11) is 1.57. The number of hydrogen-bond donors (Lipinski definition) is 0. The molecule has 1 aromatic carbocycles. The van der Waals surface area contributed by atoms with Crippen molar-refractivity contribution in [3.05, 3.63) is 52.4 Å². The number of ether oxygens (including phenoxy) is 1. The molecule has 25 heavy (non-hydrogen) atoms. The number of carbonyl (C=O) groups is 2. The maximum atomic E-state index is 13.2. The fourth-order valence-corrected chi connectivity index (χ4v) is 4.14. The Labute approximate surface area is 150 Å². The summed E-state index contributed by atoms with van der Waals surface area (Å²) in [5.74, 6) is 0.108. The molecule has 1 aromatic heterocycles. The third kappa shape index (κ3) is 2.62. The number of benzene rings is 1. The highest BCUT2D eigenvalue weighted by atomic mass is 32.1. The van der Waals surface area contributed by atoms with E-state index in [0.29, 0.717) is 22.7 Å². The summed E-state index contributed by atoms with van der Waals surface area (Å²) in [6, 6.07) is 10.9. The van der Waals surface area contributed by atoms with Crippen molar-refractivity contribution in [3.63, 3.8) is 0 Å². The van der Waals surface area contributed by atoms with E-state index >= 15 is 0 Å². The smallest absolute Gasteiger partial charge is 0.282 e. The van der Waals surface area contributed by atoms with Crippen LogP contribution in [0.25, 0.3) is 5.57 Å². The second-order valence-electron chi connectivity index (χ2n) is 6.04. The SMILES string of the molecule is COc1cccc(N2C(=O)C(c3cccs3)=C(N3CCCC3)C2=O)c1. The first-order chi connectivity index (χ1) is 12.2. The molecule has 2 aliphatic rings. The molecule has 0 N–H and O–H groups in total. The molecule has 2 aliphatic heterocycles. The Balaban J connectivity index is 1.81. The van der Waals surface area contributed by atoms with Crippen molar-refractivity contribution in [2.24, 2.45) is 0 Å². The Morgan fingerprint density at radius 3 is 2.52 bits per heavy atom. The molecule has 0 unspecified atom stereocenters. The fourth-order valence-electron chi connectivity index (χ4n) is 3.38. The van der Waals surface area contributed by atoms with Crippen molar-refractivity contribution in [3.8, 4) is 5.75 Å². The van der Waals surface area contributed by atoms with E-state index in [0.717, 1.165) is 30.8 Å². The minimum atomic E-state index is -0.261. The molecule has 4 rings (SSSR count). The van der Waals surface area contributed by atoms with Crippen LogP contribution in [0.3, 0.4) is 0 Å². The van der Waals surface area contributed by atoms with E-state index in [1.54, 1.807) is 31.4 Å². The first-order valence-electron chi connectivity index (χ1n) is 8.26. The zero-order chi connectivity index (χ0) is 17.4.